The van der Waals surface area contributed by atoms with Gasteiger partial charge in [-0.1, -0.05) is 20.8 Å². The lowest BCUT2D eigenvalue weighted by atomic mass is 9.88. The van der Waals surface area contributed by atoms with Gasteiger partial charge < -0.3 is 10.7 Å². The van der Waals surface area contributed by atoms with Crippen molar-refractivity contribution in [2.75, 3.05) is 0 Å². The predicted molar refractivity (Wildman–Crippen MR) is 118 cm³/mol. The maximum absolute atomic E-state index is 14.5. The molecule has 7 nitrogen and oxygen atoms in total. The first kappa shape index (κ1) is 24.8. The van der Waals surface area contributed by atoms with E-state index in [0.717, 1.165) is 10.7 Å². The third-order valence-electron chi connectivity index (χ3n) is 6.17. The highest BCUT2D eigenvalue weighted by Crippen LogP contribution is 2.46. The summed E-state index contributed by atoms with van der Waals surface area (Å²) in [5.41, 5.74) is 1.34. The Morgan fingerprint density at radius 1 is 1.20 bits per heavy atom. The normalized spacial score (nSPS) is 17.1. The number of pyridine rings is 2. The molecule has 1 aliphatic rings. The zero-order valence-corrected chi connectivity index (χ0v) is 19.3. The first-order chi connectivity index (χ1) is 16.1. The zero-order valence-electron chi connectivity index (χ0n) is 19.3. The third kappa shape index (κ3) is 4.53. The second-order valence-corrected chi connectivity index (χ2v) is 9.85. The number of primary amides is 1. The average molecular weight is 497 g/mol. The fourth-order valence-electron chi connectivity index (χ4n) is 4.53. The number of hydrogen-bond donors (Lipinski definition) is 2. The molecule has 0 atom stereocenters. The van der Waals surface area contributed by atoms with Gasteiger partial charge in [-0.3, -0.25) is 19.3 Å². The Kier molecular flexibility index (Phi) is 5.76. The summed E-state index contributed by atoms with van der Waals surface area (Å²) in [5.74, 6) is -3.85. The highest BCUT2D eigenvalue weighted by Gasteiger charge is 2.45. The highest BCUT2D eigenvalue weighted by atomic mass is 19.4. The third-order valence-corrected chi connectivity index (χ3v) is 6.17. The Balaban J connectivity index is 2.04. The zero-order chi connectivity index (χ0) is 25.9. The second kappa shape index (κ2) is 8.13. The molecule has 0 bridgehead atoms. The van der Waals surface area contributed by atoms with Crippen LogP contribution in [0.5, 0.6) is 0 Å². The fourth-order valence-corrected chi connectivity index (χ4v) is 4.53. The first-order valence-corrected chi connectivity index (χ1v) is 11.0. The van der Waals surface area contributed by atoms with Crippen molar-refractivity contribution in [3.63, 3.8) is 0 Å². The monoisotopic (exact) mass is 497 g/mol. The van der Waals surface area contributed by atoms with E-state index in [1.165, 1.54) is 12.3 Å². The van der Waals surface area contributed by atoms with Gasteiger partial charge in [0.15, 0.2) is 5.43 Å². The summed E-state index contributed by atoms with van der Waals surface area (Å²) in [6.07, 6.45) is -4.76. The van der Waals surface area contributed by atoms with E-state index in [4.69, 9.17) is 5.73 Å². The van der Waals surface area contributed by atoms with Gasteiger partial charge in [0, 0.05) is 30.5 Å². The van der Waals surface area contributed by atoms with Crippen molar-refractivity contribution in [1.29, 1.82) is 0 Å². The molecule has 0 unspecified atom stereocenters. The van der Waals surface area contributed by atoms with Crippen LogP contribution in [0.3, 0.4) is 0 Å². The average Bonchev–Trinajstić information content (AvgIpc) is 3.15. The van der Waals surface area contributed by atoms with E-state index in [2.05, 4.69) is 15.1 Å². The maximum Gasteiger partial charge on any atom is 0.420 e. The SMILES string of the molecule is CC(C)(C)c1nn(C2CCC(F)(F)CC2)c(-c2cc(=O)c3c(C(N)=O)nccc3[nH]2)c1C(F)(F)F. The summed E-state index contributed by atoms with van der Waals surface area (Å²) in [6, 6.07) is 1.55. The molecule has 0 aromatic carbocycles. The fraction of sp³-hybridized carbons (Fsp3) is 0.478. The number of fused-ring (bicyclic) bond motifs is 1. The van der Waals surface area contributed by atoms with Crippen LogP contribution in [0.1, 0.15) is 74.2 Å². The number of hydrogen-bond acceptors (Lipinski definition) is 4. The maximum atomic E-state index is 14.5. The molecule has 3 aromatic rings. The largest absolute Gasteiger partial charge is 0.420 e. The molecule has 12 heteroatoms. The summed E-state index contributed by atoms with van der Waals surface area (Å²) in [7, 11) is 0. The molecule has 0 radical (unpaired) electrons. The van der Waals surface area contributed by atoms with E-state index >= 15 is 0 Å². The minimum Gasteiger partial charge on any atom is -0.364 e. The van der Waals surface area contributed by atoms with Crippen LogP contribution in [0.2, 0.25) is 0 Å². The number of nitrogens with one attached hydrogen (secondary N) is 1. The summed E-state index contributed by atoms with van der Waals surface area (Å²) in [4.78, 5) is 31.3. The Morgan fingerprint density at radius 3 is 2.37 bits per heavy atom. The highest BCUT2D eigenvalue weighted by molar-refractivity contribution is 6.03. The van der Waals surface area contributed by atoms with Crippen molar-refractivity contribution in [3.05, 3.63) is 45.5 Å². The van der Waals surface area contributed by atoms with Crippen LogP contribution in [0.4, 0.5) is 22.0 Å². The molecule has 35 heavy (non-hydrogen) atoms. The van der Waals surface area contributed by atoms with Gasteiger partial charge in [0.05, 0.1) is 34.0 Å². The van der Waals surface area contributed by atoms with E-state index in [1.807, 2.05) is 0 Å². The molecule has 3 heterocycles. The van der Waals surface area contributed by atoms with Crippen LogP contribution < -0.4 is 11.2 Å². The molecular weight excluding hydrogens is 473 g/mol. The standard InChI is InChI=1S/C23H24F5N5O2/c1-21(2,3)19-16(23(26,27)28)18(33(32-19)11-4-7-22(24,25)8-5-11)13-10-14(34)15-12(31-13)6-9-30-17(15)20(29)35/h6,9-11H,4-5,7-8H2,1-3H3,(H2,29,35)(H,31,34). The molecule has 4 rings (SSSR count). The molecule has 0 saturated heterocycles. The van der Waals surface area contributed by atoms with Gasteiger partial charge in [0.2, 0.25) is 5.92 Å². The van der Waals surface area contributed by atoms with Crippen LogP contribution in [-0.2, 0) is 11.6 Å². The van der Waals surface area contributed by atoms with Crippen LogP contribution in [0.15, 0.2) is 23.1 Å². The molecule has 0 spiro atoms. The minimum absolute atomic E-state index is 0.0599. The number of nitrogens with two attached hydrogens (primary N) is 1. The van der Waals surface area contributed by atoms with Crippen molar-refractivity contribution in [1.82, 2.24) is 19.7 Å². The van der Waals surface area contributed by atoms with Gasteiger partial charge in [-0.05, 0) is 18.9 Å². The van der Waals surface area contributed by atoms with Crippen molar-refractivity contribution < 1.29 is 26.7 Å². The quantitative estimate of drug-likeness (QED) is 0.499. The van der Waals surface area contributed by atoms with Gasteiger partial charge in [0.1, 0.15) is 11.3 Å². The number of amides is 1. The number of carbonyl (C=O) groups excluding carboxylic acids is 1. The molecule has 1 fully saturated rings. The van der Waals surface area contributed by atoms with E-state index in [0.29, 0.717) is 0 Å². The summed E-state index contributed by atoms with van der Waals surface area (Å²) in [6.45, 7) is 4.71. The molecule has 0 aliphatic heterocycles. The topological polar surface area (TPSA) is 107 Å². The van der Waals surface area contributed by atoms with Crippen LogP contribution in [-0.4, -0.2) is 31.6 Å². The van der Waals surface area contributed by atoms with Crippen LogP contribution in [0, 0.1) is 0 Å². The number of alkyl halides is 5. The van der Waals surface area contributed by atoms with Gasteiger partial charge in [-0.15, -0.1) is 0 Å². The van der Waals surface area contributed by atoms with Crippen LogP contribution in [0.25, 0.3) is 22.3 Å². The van der Waals surface area contributed by atoms with E-state index < -0.39 is 59.0 Å². The lowest BCUT2D eigenvalue weighted by molar-refractivity contribution is -0.138. The lowest BCUT2D eigenvalue weighted by Gasteiger charge is -2.29. The minimum atomic E-state index is -4.85. The summed E-state index contributed by atoms with van der Waals surface area (Å²) in [5, 5.41) is 4.14. The second-order valence-electron chi connectivity index (χ2n) is 9.85. The number of H-pyrrole nitrogens is 1. The van der Waals surface area contributed by atoms with Gasteiger partial charge in [-0.2, -0.15) is 18.3 Å². The van der Waals surface area contributed by atoms with Crippen molar-refractivity contribution >= 4 is 16.8 Å². The Morgan fingerprint density at radius 2 is 1.83 bits per heavy atom. The molecule has 3 N–H and O–H groups in total. The molecule has 1 amide bonds. The predicted octanol–water partition coefficient (Wildman–Crippen LogP) is 4.95. The first-order valence-electron chi connectivity index (χ1n) is 11.0. The number of rotatable bonds is 3. The number of carbonyl (C=O) groups is 1. The molecule has 1 saturated carbocycles. The number of halogens is 5. The smallest absolute Gasteiger partial charge is 0.364 e. The van der Waals surface area contributed by atoms with Gasteiger partial charge >= 0.3 is 6.18 Å². The molecule has 1 aliphatic carbocycles. The Hall–Kier alpha value is -3.31. The summed E-state index contributed by atoms with van der Waals surface area (Å²) < 4.78 is 72.2. The van der Waals surface area contributed by atoms with Crippen molar-refractivity contribution in [2.45, 2.75) is 70.0 Å². The van der Waals surface area contributed by atoms with Crippen molar-refractivity contribution in [3.8, 4) is 11.4 Å². The molecule has 188 valence electrons. The number of aromatic nitrogens is 4. The number of aromatic amines is 1. The van der Waals surface area contributed by atoms with Gasteiger partial charge in [-0.25, -0.2) is 8.78 Å². The molecule has 3 aromatic heterocycles. The van der Waals surface area contributed by atoms with Crippen molar-refractivity contribution in [2.24, 2.45) is 5.73 Å². The van der Waals surface area contributed by atoms with Crippen LogP contribution >= 0.6 is 0 Å². The molecular formula is C23H24F5N5O2. The van der Waals surface area contributed by atoms with E-state index in [9.17, 15) is 31.5 Å². The lowest BCUT2D eigenvalue weighted by Crippen LogP contribution is -2.27. The van der Waals surface area contributed by atoms with Gasteiger partial charge in [0.25, 0.3) is 5.91 Å². The summed E-state index contributed by atoms with van der Waals surface area (Å²) >= 11 is 0. The number of nitrogens with zero attached hydrogens (tertiary/aromatic N) is 3. The Bertz CT molecular complexity index is 1360. The Labute approximate surface area is 196 Å². The van der Waals surface area contributed by atoms with E-state index in [-0.39, 0.29) is 40.8 Å². The van der Waals surface area contributed by atoms with E-state index in [1.54, 1.807) is 20.8 Å².